The van der Waals surface area contributed by atoms with Gasteiger partial charge in [0.25, 0.3) is 5.56 Å². The number of nitrogens with zero attached hydrogens (tertiary/aromatic N) is 3. The minimum atomic E-state index is -0.183. The first-order chi connectivity index (χ1) is 9.11. The molecule has 0 spiro atoms. The quantitative estimate of drug-likeness (QED) is 0.924. The van der Waals surface area contributed by atoms with Crippen molar-refractivity contribution in [1.29, 1.82) is 0 Å². The fourth-order valence-corrected chi connectivity index (χ4v) is 2.00. The van der Waals surface area contributed by atoms with Gasteiger partial charge in [-0.1, -0.05) is 0 Å². The molecule has 2 rings (SSSR count). The SMILES string of the molecule is COc1cc(CNc2cnn(C)c(=O)c2Br)ccn1. The summed E-state index contributed by atoms with van der Waals surface area (Å²) in [4.78, 5) is 15.7. The summed E-state index contributed by atoms with van der Waals surface area (Å²) < 4.78 is 6.78. The number of aryl methyl sites for hydroxylation is 1. The monoisotopic (exact) mass is 324 g/mol. The topological polar surface area (TPSA) is 69.0 Å². The molecule has 0 saturated heterocycles. The molecular weight excluding hydrogens is 312 g/mol. The summed E-state index contributed by atoms with van der Waals surface area (Å²) in [5.41, 5.74) is 1.47. The molecule has 6 nitrogen and oxygen atoms in total. The van der Waals surface area contributed by atoms with Crippen molar-refractivity contribution in [2.75, 3.05) is 12.4 Å². The van der Waals surface area contributed by atoms with Crippen molar-refractivity contribution in [3.8, 4) is 5.88 Å². The maximum absolute atomic E-state index is 11.7. The van der Waals surface area contributed by atoms with E-state index in [1.807, 2.05) is 12.1 Å². The molecule has 2 aromatic heterocycles. The van der Waals surface area contributed by atoms with Crippen LogP contribution < -0.4 is 15.6 Å². The summed E-state index contributed by atoms with van der Waals surface area (Å²) >= 11 is 3.26. The molecule has 0 bridgehead atoms. The number of rotatable bonds is 4. The number of ether oxygens (including phenoxy) is 1. The zero-order chi connectivity index (χ0) is 13.8. The highest BCUT2D eigenvalue weighted by molar-refractivity contribution is 9.10. The molecular formula is C12H13BrN4O2. The third-order valence-electron chi connectivity index (χ3n) is 2.57. The molecule has 2 aromatic rings. The number of methoxy groups -OCH3 is 1. The number of halogens is 1. The van der Waals surface area contributed by atoms with Gasteiger partial charge in [0.05, 0.1) is 19.0 Å². The Morgan fingerprint density at radius 1 is 1.53 bits per heavy atom. The normalized spacial score (nSPS) is 10.3. The van der Waals surface area contributed by atoms with E-state index in [1.54, 1.807) is 26.6 Å². The van der Waals surface area contributed by atoms with Gasteiger partial charge in [0.1, 0.15) is 4.47 Å². The summed E-state index contributed by atoms with van der Waals surface area (Å²) in [5.74, 6) is 0.556. The summed E-state index contributed by atoms with van der Waals surface area (Å²) in [6.45, 7) is 0.548. The lowest BCUT2D eigenvalue weighted by Crippen LogP contribution is -2.21. The molecule has 0 aliphatic rings. The highest BCUT2D eigenvalue weighted by Gasteiger charge is 2.06. The van der Waals surface area contributed by atoms with Crippen LogP contribution in [0.1, 0.15) is 5.56 Å². The van der Waals surface area contributed by atoms with E-state index in [-0.39, 0.29) is 5.56 Å². The summed E-state index contributed by atoms with van der Waals surface area (Å²) in [5, 5.41) is 7.10. The predicted octanol–water partition coefficient (Wildman–Crippen LogP) is 1.56. The molecule has 19 heavy (non-hydrogen) atoms. The van der Waals surface area contributed by atoms with E-state index >= 15 is 0 Å². The van der Waals surface area contributed by atoms with Gasteiger partial charge in [-0.25, -0.2) is 9.67 Å². The maximum Gasteiger partial charge on any atom is 0.282 e. The Hall–Kier alpha value is -1.89. The van der Waals surface area contributed by atoms with Gasteiger partial charge in [-0.05, 0) is 27.6 Å². The lowest BCUT2D eigenvalue weighted by atomic mass is 10.2. The van der Waals surface area contributed by atoms with Crippen LogP contribution in [0.15, 0.2) is 33.8 Å². The lowest BCUT2D eigenvalue weighted by Gasteiger charge is -2.09. The van der Waals surface area contributed by atoms with Crippen molar-refractivity contribution in [3.63, 3.8) is 0 Å². The number of nitrogens with one attached hydrogen (secondary N) is 1. The minimum absolute atomic E-state index is 0.183. The van der Waals surface area contributed by atoms with Crippen LogP contribution in [-0.2, 0) is 13.6 Å². The molecule has 2 heterocycles. The van der Waals surface area contributed by atoms with Crippen LogP contribution in [0.5, 0.6) is 5.88 Å². The van der Waals surface area contributed by atoms with Crippen LogP contribution in [0, 0.1) is 0 Å². The van der Waals surface area contributed by atoms with E-state index in [9.17, 15) is 4.79 Å². The highest BCUT2D eigenvalue weighted by Crippen LogP contribution is 2.17. The van der Waals surface area contributed by atoms with Crippen LogP contribution in [0.2, 0.25) is 0 Å². The summed E-state index contributed by atoms with van der Waals surface area (Å²) in [6.07, 6.45) is 3.27. The highest BCUT2D eigenvalue weighted by atomic mass is 79.9. The smallest absolute Gasteiger partial charge is 0.282 e. The fraction of sp³-hybridized carbons (Fsp3) is 0.250. The van der Waals surface area contributed by atoms with Gasteiger partial charge in [0.2, 0.25) is 5.88 Å². The van der Waals surface area contributed by atoms with E-state index in [4.69, 9.17) is 4.74 Å². The van der Waals surface area contributed by atoms with Crippen molar-refractivity contribution >= 4 is 21.6 Å². The second kappa shape index (κ2) is 5.83. The van der Waals surface area contributed by atoms with Crippen LogP contribution >= 0.6 is 15.9 Å². The Morgan fingerprint density at radius 2 is 2.32 bits per heavy atom. The Kier molecular flexibility index (Phi) is 4.16. The molecule has 0 aromatic carbocycles. The van der Waals surface area contributed by atoms with Crippen LogP contribution in [-0.4, -0.2) is 21.9 Å². The zero-order valence-corrected chi connectivity index (χ0v) is 12.1. The number of hydrogen-bond donors (Lipinski definition) is 1. The van der Waals surface area contributed by atoms with Gasteiger partial charge in [0, 0.05) is 25.9 Å². The minimum Gasteiger partial charge on any atom is -0.481 e. The number of pyridine rings is 1. The van der Waals surface area contributed by atoms with Crippen LogP contribution in [0.3, 0.4) is 0 Å². The molecule has 0 unspecified atom stereocenters. The Labute approximate surface area is 118 Å². The lowest BCUT2D eigenvalue weighted by molar-refractivity contribution is 0.397. The van der Waals surface area contributed by atoms with Crippen molar-refractivity contribution in [2.24, 2.45) is 7.05 Å². The van der Waals surface area contributed by atoms with Crippen molar-refractivity contribution in [1.82, 2.24) is 14.8 Å². The zero-order valence-electron chi connectivity index (χ0n) is 10.6. The molecule has 1 N–H and O–H groups in total. The summed E-state index contributed by atoms with van der Waals surface area (Å²) in [7, 11) is 3.17. The first-order valence-corrected chi connectivity index (χ1v) is 6.35. The van der Waals surface area contributed by atoms with Crippen molar-refractivity contribution in [2.45, 2.75) is 6.54 Å². The van der Waals surface area contributed by atoms with Crippen molar-refractivity contribution in [3.05, 3.63) is 44.9 Å². The number of aromatic nitrogens is 3. The van der Waals surface area contributed by atoms with Gasteiger partial charge >= 0.3 is 0 Å². The van der Waals surface area contributed by atoms with E-state index in [1.165, 1.54) is 4.68 Å². The molecule has 100 valence electrons. The fourth-order valence-electron chi connectivity index (χ4n) is 1.50. The van der Waals surface area contributed by atoms with E-state index < -0.39 is 0 Å². The molecule has 0 amide bonds. The molecule has 0 fully saturated rings. The third-order valence-corrected chi connectivity index (χ3v) is 3.34. The predicted molar refractivity (Wildman–Crippen MR) is 75.3 cm³/mol. The second-order valence-electron chi connectivity index (χ2n) is 3.86. The largest absolute Gasteiger partial charge is 0.481 e. The first kappa shape index (κ1) is 13.5. The van der Waals surface area contributed by atoms with E-state index in [0.29, 0.717) is 22.6 Å². The van der Waals surface area contributed by atoms with E-state index in [0.717, 1.165) is 5.56 Å². The number of hydrogen-bond acceptors (Lipinski definition) is 5. The Bertz CT molecular complexity index is 642. The maximum atomic E-state index is 11.7. The van der Waals surface area contributed by atoms with Gasteiger partial charge in [0.15, 0.2) is 0 Å². The average molecular weight is 325 g/mol. The van der Waals surface area contributed by atoms with Gasteiger partial charge in [-0.3, -0.25) is 4.79 Å². The molecule has 0 radical (unpaired) electrons. The molecule has 0 saturated carbocycles. The van der Waals surface area contributed by atoms with Gasteiger partial charge in [-0.15, -0.1) is 0 Å². The van der Waals surface area contributed by atoms with Gasteiger partial charge in [-0.2, -0.15) is 5.10 Å². The molecule has 0 atom stereocenters. The Balaban J connectivity index is 2.14. The van der Waals surface area contributed by atoms with E-state index in [2.05, 4.69) is 31.3 Å². The standard InChI is InChI=1S/C12H13BrN4O2/c1-17-12(18)11(13)9(7-16-17)15-6-8-3-4-14-10(5-8)19-2/h3-5,7,15H,6H2,1-2H3. The van der Waals surface area contributed by atoms with Crippen LogP contribution in [0.4, 0.5) is 5.69 Å². The second-order valence-corrected chi connectivity index (χ2v) is 4.65. The molecule has 0 aliphatic carbocycles. The summed E-state index contributed by atoms with van der Waals surface area (Å²) in [6, 6.07) is 3.70. The third kappa shape index (κ3) is 3.11. The van der Waals surface area contributed by atoms with Gasteiger partial charge < -0.3 is 10.1 Å². The van der Waals surface area contributed by atoms with Crippen LogP contribution in [0.25, 0.3) is 0 Å². The molecule has 7 heteroatoms. The average Bonchev–Trinajstić information content (AvgIpc) is 2.44. The first-order valence-electron chi connectivity index (χ1n) is 5.56. The Morgan fingerprint density at radius 3 is 3.05 bits per heavy atom. The molecule has 0 aliphatic heterocycles. The number of anilines is 1. The van der Waals surface area contributed by atoms with Crippen molar-refractivity contribution < 1.29 is 4.74 Å².